The normalized spacial score (nSPS) is 13.4. The molecule has 1 aromatic carbocycles. The smallest absolute Gasteiger partial charge is 0.308 e. The van der Waals surface area contributed by atoms with Gasteiger partial charge in [0, 0.05) is 23.3 Å². The summed E-state index contributed by atoms with van der Waals surface area (Å²) in [6, 6.07) is 3.98. The van der Waals surface area contributed by atoms with Crippen molar-refractivity contribution in [2.24, 2.45) is 0 Å². The van der Waals surface area contributed by atoms with Crippen molar-refractivity contribution in [2.75, 3.05) is 10.6 Å². The lowest BCUT2D eigenvalue weighted by atomic mass is 10.1. The highest BCUT2D eigenvalue weighted by molar-refractivity contribution is 7.13. The summed E-state index contributed by atoms with van der Waals surface area (Å²) in [6.45, 7) is 3.56. The number of aromatic nitrogens is 1. The van der Waals surface area contributed by atoms with Gasteiger partial charge in [0.05, 0.1) is 11.1 Å². The molecule has 2 heterocycles. The highest BCUT2D eigenvalue weighted by Gasteiger charge is 2.37. The van der Waals surface area contributed by atoms with Gasteiger partial charge in [0.15, 0.2) is 5.13 Å². The zero-order chi connectivity index (χ0) is 16.6. The van der Waals surface area contributed by atoms with Crippen LogP contribution < -0.4 is 10.6 Å². The van der Waals surface area contributed by atoms with Gasteiger partial charge in [0.2, 0.25) is 0 Å². The number of hydrogen-bond donors (Lipinski definition) is 2. The monoisotopic (exact) mass is 330 g/mol. The van der Waals surface area contributed by atoms with E-state index in [0.29, 0.717) is 21.9 Å². The van der Waals surface area contributed by atoms with Crippen molar-refractivity contribution < 1.29 is 14.4 Å². The molecular weight excluding hydrogens is 316 g/mol. The van der Waals surface area contributed by atoms with Crippen molar-refractivity contribution in [1.82, 2.24) is 9.88 Å². The van der Waals surface area contributed by atoms with Crippen LogP contribution in [0.3, 0.4) is 0 Å². The Labute approximate surface area is 136 Å². The lowest BCUT2D eigenvalue weighted by Crippen LogP contribution is -2.35. The molecule has 0 spiro atoms. The molecule has 0 aliphatic carbocycles. The van der Waals surface area contributed by atoms with Crippen LogP contribution in [0.5, 0.6) is 0 Å². The van der Waals surface area contributed by atoms with E-state index in [4.69, 9.17) is 0 Å². The highest BCUT2D eigenvalue weighted by atomic mass is 32.1. The first-order valence-electron chi connectivity index (χ1n) is 6.97. The number of amides is 4. The number of benzene rings is 1. The first-order valence-corrected chi connectivity index (χ1v) is 7.85. The Hall–Kier alpha value is -2.74. The predicted octanol–water partition coefficient (Wildman–Crippen LogP) is 2.79. The van der Waals surface area contributed by atoms with Gasteiger partial charge in [-0.2, -0.15) is 0 Å². The van der Waals surface area contributed by atoms with Crippen LogP contribution in [0.2, 0.25) is 0 Å². The van der Waals surface area contributed by atoms with Crippen LogP contribution in [0.4, 0.5) is 15.6 Å². The van der Waals surface area contributed by atoms with Gasteiger partial charge < -0.3 is 5.32 Å². The summed E-state index contributed by atoms with van der Waals surface area (Å²) < 4.78 is 0. The third-order valence-electron chi connectivity index (χ3n) is 3.35. The molecule has 7 nitrogen and oxygen atoms in total. The van der Waals surface area contributed by atoms with E-state index in [2.05, 4.69) is 15.6 Å². The van der Waals surface area contributed by atoms with Crippen LogP contribution in [0.1, 0.15) is 34.6 Å². The van der Waals surface area contributed by atoms with Gasteiger partial charge in [0.1, 0.15) is 0 Å². The molecule has 1 aliphatic rings. The average molecular weight is 330 g/mol. The standard InChI is InChI=1S/C15H14N4O3S/c1-8(2)19-12(20)10-4-3-9(7-11(10)13(19)21)17-14(22)18-15-16-5-6-23-15/h3-8H,1-2H3,(H2,16,17,18,22). The van der Waals surface area contributed by atoms with Gasteiger partial charge in [-0.05, 0) is 32.0 Å². The maximum absolute atomic E-state index is 12.3. The van der Waals surface area contributed by atoms with Crippen molar-refractivity contribution in [3.63, 3.8) is 0 Å². The third kappa shape index (κ3) is 2.80. The van der Waals surface area contributed by atoms with Crippen molar-refractivity contribution in [1.29, 1.82) is 0 Å². The zero-order valence-electron chi connectivity index (χ0n) is 12.5. The summed E-state index contributed by atoms with van der Waals surface area (Å²) in [6.07, 6.45) is 1.58. The Morgan fingerprint density at radius 1 is 1.17 bits per heavy atom. The molecule has 0 radical (unpaired) electrons. The Kier molecular flexibility index (Phi) is 3.83. The molecule has 0 fully saturated rings. The fraction of sp³-hybridized carbons (Fsp3) is 0.200. The molecule has 0 saturated carbocycles. The number of carbonyl (C=O) groups excluding carboxylic acids is 3. The van der Waals surface area contributed by atoms with E-state index in [1.165, 1.54) is 22.3 Å². The van der Waals surface area contributed by atoms with Crippen LogP contribution in [0.15, 0.2) is 29.8 Å². The van der Waals surface area contributed by atoms with E-state index in [-0.39, 0.29) is 17.9 Å². The topological polar surface area (TPSA) is 91.4 Å². The van der Waals surface area contributed by atoms with E-state index in [1.807, 2.05) is 0 Å². The highest BCUT2D eigenvalue weighted by Crippen LogP contribution is 2.27. The van der Waals surface area contributed by atoms with E-state index in [9.17, 15) is 14.4 Å². The predicted molar refractivity (Wildman–Crippen MR) is 86.8 cm³/mol. The summed E-state index contributed by atoms with van der Waals surface area (Å²) in [7, 11) is 0. The molecule has 118 valence electrons. The maximum atomic E-state index is 12.3. The van der Waals surface area contributed by atoms with Crippen LogP contribution in [-0.4, -0.2) is 33.8 Å². The summed E-state index contributed by atoms with van der Waals surface area (Å²) in [5.74, 6) is -0.650. The Morgan fingerprint density at radius 3 is 2.57 bits per heavy atom. The molecule has 23 heavy (non-hydrogen) atoms. The molecule has 0 atom stereocenters. The number of rotatable bonds is 3. The lowest BCUT2D eigenvalue weighted by molar-refractivity contribution is 0.0609. The summed E-state index contributed by atoms with van der Waals surface area (Å²) in [5, 5.41) is 7.42. The minimum absolute atomic E-state index is 0.216. The van der Waals surface area contributed by atoms with Gasteiger partial charge in [0.25, 0.3) is 11.8 Å². The zero-order valence-corrected chi connectivity index (χ0v) is 13.3. The number of urea groups is 1. The molecular formula is C15H14N4O3S. The maximum Gasteiger partial charge on any atom is 0.325 e. The van der Waals surface area contributed by atoms with E-state index in [1.54, 1.807) is 37.6 Å². The molecule has 4 amide bonds. The molecule has 1 aromatic heterocycles. The minimum atomic E-state index is -0.461. The first-order chi connectivity index (χ1) is 11.0. The fourth-order valence-electron chi connectivity index (χ4n) is 2.35. The SMILES string of the molecule is CC(C)N1C(=O)c2ccc(NC(=O)Nc3nccs3)cc2C1=O. The number of thiazole rings is 1. The van der Waals surface area contributed by atoms with E-state index >= 15 is 0 Å². The first kappa shape index (κ1) is 15.2. The number of fused-ring (bicyclic) bond motifs is 1. The van der Waals surface area contributed by atoms with Gasteiger partial charge in [-0.15, -0.1) is 11.3 Å². The molecule has 8 heteroatoms. The minimum Gasteiger partial charge on any atom is -0.308 e. The second-order valence-electron chi connectivity index (χ2n) is 5.25. The Morgan fingerprint density at radius 2 is 1.91 bits per heavy atom. The van der Waals surface area contributed by atoms with Gasteiger partial charge in [-0.1, -0.05) is 0 Å². The summed E-state index contributed by atoms with van der Waals surface area (Å²) >= 11 is 1.30. The van der Waals surface area contributed by atoms with Crippen molar-refractivity contribution in [2.45, 2.75) is 19.9 Å². The number of nitrogens with one attached hydrogen (secondary N) is 2. The van der Waals surface area contributed by atoms with E-state index in [0.717, 1.165) is 0 Å². The van der Waals surface area contributed by atoms with Gasteiger partial charge in [-0.3, -0.25) is 19.8 Å². The molecule has 1 aliphatic heterocycles. The lowest BCUT2D eigenvalue weighted by Gasteiger charge is -2.17. The fourth-order valence-corrected chi connectivity index (χ4v) is 2.87. The summed E-state index contributed by atoms with van der Waals surface area (Å²) in [5.41, 5.74) is 1.09. The number of carbonyl (C=O) groups is 3. The quantitative estimate of drug-likeness (QED) is 0.847. The molecule has 0 saturated heterocycles. The largest absolute Gasteiger partial charge is 0.325 e. The number of anilines is 2. The molecule has 2 N–H and O–H groups in total. The molecule has 0 unspecified atom stereocenters. The second-order valence-corrected chi connectivity index (χ2v) is 6.15. The van der Waals surface area contributed by atoms with E-state index < -0.39 is 6.03 Å². The van der Waals surface area contributed by atoms with Crippen LogP contribution >= 0.6 is 11.3 Å². The van der Waals surface area contributed by atoms with Crippen molar-refractivity contribution in [3.05, 3.63) is 40.9 Å². The third-order valence-corrected chi connectivity index (χ3v) is 4.03. The molecule has 2 aromatic rings. The van der Waals surface area contributed by atoms with Crippen molar-refractivity contribution >= 4 is 40.0 Å². The van der Waals surface area contributed by atoms with Crippen LogP contribution in [0.25, 0.3) is 0 Å². The van der Waals surface area contributed by atoms with Gasteiger partial charge >= 0.3 is 6.03 Å². The number of nitrogens with zero attached hydrogens (tertiary/aromatic N) is 2. The molecule has 3 rings (SSSR count). The average Bonchev–Trinajstić information content (AvgIpc) is 3.06. The summed E-state index contributed by atoms with van der Waals surface area (Å²) in [4.78, 5) is 41.5. The molecule has 0 bridgehead atoms. The second kappa shape index (κ2) is 5.81. The number of imide groups is 1. The van der Waals surface area contributed by atoms with Gasteiger partial charge in [-0.25, -0.2) is 9.78 Å². The Balaban J connectivity index is 1.79. The van der Waals surface area contributed by atoms with Crippen LogP contribution in [-0.2, 0) is 0 Å². The Bertz CT molecular complexity index is 786. The van der Waals surface area contributed by atoms with Crippen LogP contribution in [0, 0.1) is 0 Å². The van der Waals surface area contributed by atoms with Crippen molar-refractivity contribution in [3.8, 4) is 0 Å². The number of hydrogen-bond acceptors (Lipinski definition) is 5.